The second kappa shape index (κ2) is 4.75. The van der Waals surface area contributed by atoms with Crippen molar-refractivity contribution in [2.24, 2.45) is 10.6 Å². The summed E-state index contributed by atoms with van der Waals surface area (Å²) in [5.74, 6) is -0.594. The molecule has 0 spiro atoms. The quantitative estimate of drug-likeness (QED) is 0.677. The van der Waals surface area contributed by atoms with Crippen molar-refractivity contribution < 1.29 is 17.9 Å². The van der Waals surface area contributed by atoms with E-state index < -0.39 is 21.4 Å². The zero-order valence-corrected chi connectivity index (χ0v) is 9.56. The van der Waals surface area contributed by atoms with Gasteiger partial charge in [-0.2, -0.15) is 0 Å². The average molecular weight is 223 g/mol. The summed E-state index contributed by atoms with van der Waals surface area (Å²) in [5, 5.41) is 4.94. The molecule has 0 aliphatic carbocycles. The fourth-order valence-electron chi connectivity index (χ4n) is 1.01. The number of nitrogens with two attached hydrogens (primary N) is 1. The van der Waals surface area contributed by atoms with Crippen LogP contribution in [0.2, 0.25) is 0 Å². The summed E-state index contributed by atoms with van der Waals surface area (Å²) in [5.41, 5.74) is -0.598. The first-order valence-electron chi connectivity index (χ1n) is 4.32. The molecular weight excluding hydrogens is 206 g/mol. The maximum Gasteiger partial charge on any atom is 0.302 e. The Morgan fingerprint density at radius 1 is 1.50 bits per heavy atom. The summed E-state index contributed by atoms with van der Waals surface area (Å²) in [6.07, 6.45) is 0.580. The number of rotatable bonds is 5. The highest BCUT2D eigenvalue weighted by molar-refractivity contribution is 7.89. The van der Waals surface area contributed by atoms with Gasteiger partial charge in [0.05, 0.1) is 12.4 Å². The number of primary sulfonamides is 1. The first kappa shape index (κ1) is 13.4. The highest BCUT2D eigenvalue weighted by Crippen LogP contribution is 2.22. The van der Waals surface area contributed by atoms with Gasteiger partial charge in [-0.25, -0.2) is 13.6 Å². The molecule has 0 saturated carbocycles. The van der Waals surface area contributed by atoms with E-state index in [1.54, 1.807) is 6.92 Å². The molecule has 14 heavy (non-hydrogen) atoms. The number of sulfonamides is 1. The maximum atomic E-state index is 10.9. The van der Waals surface area contributed by atoms with Crippen LogP contribution in [0.5, 0.6) is 0 Å². The molecule has 0 rings (SSSR count). The van der Waals surface area contributed by atoms with E-state index in [0.717, 1.165) is 0 Å². The molecule has 0 bridgehead atoms. The third kappa shape index (κ3) is 5.93. The van der Waals surface area contributed by atoms with E-state index in [0.29, 0.717) is 6.42 Å². The monoisotopic (exact) mass is 223 g/mol. The van der Waals surface area contributed by atoms with Gasteiger partial charge in [0.15, 0.2) is 0 Å². The first-order chi connectivity index (χ1) is 6.18. The van der Waals surface area contributed by atoms with Crippen LogP contribution >= 0.6 is 0 Å². The molecule has 1 unspecified atom stereocenters. The van der Waals surface area contributed by atoms with Gasteiger partial charge in [0, 0.05) is 12.3 Å². The lowest BCUT2D eigenvalue weighted by Crippen LogP contribution is -2.35. The number of esters is 1. The second-order valence-corrected chi connectivity index (χ2v) is 5.37. The third-order valence-electron chi connectivity index (χ3n) is 2.03. The van der Waals surface area contributed by atoms with E-state index >= 15 is 0 Å². The zero-order chi connectivity index (χ0) is 11.4. The van der Waals surface area contributed by atoms with Crippen molar-refractivity contribution >= 4 is 16.0 Å². The molecule has 2 N–H and O–H groups in total. The van der Waals surface area contributed by atoms with Gasteiger partial charge in [0.25, 0.3) is 0 Å². The molecular formula is C8H17NO4S. The standard InChI is InChI=1S/C8H17NO4S/c1-4-8(3,5-13-7(2)10)6-14(9,11)12/h4-6H2,1-3H3,(H2,9,11,12). The lowest BCUT2D eigenvalue weighted by atomic mass is 9.91. The first-order valence-corrected chi connectivity index (χ1v) is 6.04. The third-order valence-corrected chi connectivity index (χ3v) is 3.13. The highest BCUT2D eigenvalue weighted by atomic mass is 32.2. The minimum atomic E-state index is -3.53. The van der Waals surface area contributed by atoms with E-state index in [1.165, 1.54) is 6.92 Å². The molecule has 0 aliphatic rings. The van der Waals surface area contributed by atoms with Crippen molar-refractivity contribution in [3.05, 3.63) is 0 Å². The number of ether oxygens (including phenoxy) is 1. The Bertz CT molecular complexity index is 298. The minimum Gasteiger partial charge on any atom is -0.465 e. The average Bonchev–Trinajstić information content (AvgIpc) is 1.98. The van der Waals surface area contributed by atoms with Crippen LogP contribution in [0, 0.1) is 5.41 Å². The topological polar surface area (TPSA) is 86.5 Å². The number of hydrogen-bond acceptors (Lipinski definition) is 4. The molecule has 0 fully saturated rings. The molecule has 0 aromatic rings. The molecule has 84 valence electrons. The summed E-state index contributed by atoms with van der Waals surface area (Å²) in [6.45, 7) is 4.91. The van der Waals surface area contributed by atoms with Gasteiger partial charge in [0.1, 0.15) is 0 Å². The molecule has 0 aromatic heterocycles. The van der Waals surface area contributed by atoms with Gasteiger partial charge in [0.2, 0.25) is 10.0 Å². The van der Waals surface area contributed by atoms with Crippen molar-refractivity contribution in [3.63, 3.8) is 0 Å². The summed E-state index contributed by atoms with van der Waals surface area (Å²) in [4.78, 5) is 10.6. The largest absolute Gasteiger partial charge is 0.465 e. The van der Waals surface area contributed by atoms with E-state index in [2.05, 4.69) is 0 Å². The van der Waals surface area contributed by atoms with E-state index in [-0.39, 0.29) is 12.4 Å². The lowest BCUT2D eigenvalue weighted by molar-refractivity contribution is -0.143. The van der Waals surface area contributed by atoms with E-state index in [9.17, 15) is 13.2 Å². The van der Waals surface area contributed by atoms with E-state index in [4.69, 9.17) is 9.88 Å². The predicted molar refractivity (Wildman–Crippen MR) is 53.0 cm³/mol. The van der Waals surface area contributed by atoms with Crippen LogP contribution in [0.15, 0.2) is 0 Å². The molecule has 6 heteroatoms. The Labute approximate surface area is 84.7 Å². The van der Waals surface area contributed by atoms with Crippen LogP contribution in [0.3, 0.4) is 0 Å². The number of hydrogen-bond donors (Lipinski definition) is 1. The Balaban J connectivity index is 4.40. The summed E-state index contributed by atoms with van der Waals surface area (Å²) in [7, 11) is -3.53. The maximum absolute atomic E-state index is 10.9. The van der Waals surface area contributed by atoms with Crippen LogP contribution in [0.4, 0.5) is 0 Å². The summed E-state index contributed by atoms with van der Waals surface area (Å²) in [6, 6.07) is 0. The smallest absolute Gasteiger partial charge is 0.302 e. The normalized spacial score (nSPS) is 16.0. The fourth-order valence-corrected chi connectivity index (χ4v) is 2.27. The van der Waals surface area contributed by atoms with Crippen LogP contribution < -0.4 is 5.14 Å². The van der Waals surface area contributed by atoms with E-state index in [1.807, 2.05) is 6.92 Å². The molecule has 0 radical (unpaired) electrons. The minimum absolute atomic E-state index is 0.0786. The summed E-state index contributed by atoms with van der Waals surface area (Å²) < 4.78 is 26.6. The van der Waals surface area contributed by atoms with Gasteiger partial charge in [-0.05, 0) is 6.42 Å². The second-order valence-electron chi connectivity index (χ2n) is 3.75. The molecule has 0 aliphatic heterocycles. The van der Waals surface area contributed by atoms with Crippen molar-refractivity contribution in [1.82, 2.24) is 0 Å². The van der Waals surface area contributed by atoms with Crippen LogP contribution in [0.25, 0.3) is 0 Å². The van der Waals surface area contributed by atoms with Gasteiger partial charge in [-0.1, -0.05) is 13.8 Å². The zero-order valence-electron chi connectivity index (χ0n) is 8.74. The van der Waals surface area contributed by atoms with Crippen LogP contribution in [-0.4, -0.2) is 26.7 Å². The van der Waals surface area contributed by atoms with Gasteiger partial charge >= 0.3 is 5.97 Å². The SMILES string of the molecule is CCC(C)(COC(C)=O)CS(N)(=O)=O. The van der Waals surface area contributed by atoms with Crippen molar-refractivity contribution in [3.8, 4) is 0 Å². The summed E-state index contributed by atoms with van der Waals surface area (Å²) >= 11 is 0. The molecule has 0 amide bonds. The van der Waals surface area contributed by atoms with Crippen molar-refractivity contribution in [1.29, 1.82) is 0 Å². The Hall–Kier alpha value is -0.620. The Morgan fingerprint density at radius 3 is 2.29 bits per heavy atom. The van der Waals surface area contributed by atoms with Crippen molar-refractivity contribution in [2.45, 2.75) is 27.2 Å². The number of carbonyl (C=O) groups excluding carboxylic acids is 1. The predicted octanol–water partition coefficient (Wildman–Crippen LogP) is 0.254. The lowest BCUT2D eigenvalue weighted by Gasteiger charge is -2.25. The molecule has 0 aromatic carbocycles. The molecule has 0 saturated heterocycles. The van der Waals surface area contributed by atoms with Crippen molar-refractivity contribution in [2.75, 3.05) is 12.4 Å². The van der Waals surface area contributed by atoms with Crippen LogP contribution in [0.1, 0.15) is 27.2 Å². The Kier molecular flexibility index (Phi) is 4.54. The molecule has 5 nitrogen and oxygen atoms in total. The number of carbonyl (C=O) groups is 1. The van der Waals surface area contributed by atoms with Gasteiger partial charge < -0.3 is 4.74 Å². The highest BCUT2D eigenvalue weighted by Gasteiger charge is 2.28. The van der Waals surface area contributed by atoms with Crippen LogP contribution in [-0.2, 0) is 19.6 Å². The van der Waals surface area contributed by atoms with Gasteiger partial charge in [-0.3, -0.25) is 4.79 Å². The molecule has 1 atom stereocenters. The van der Waals surface area contributed by atoms with Gasteiger partial charge in [-0.15, -0.1) is 0 Å². The Morgan fingerprint density at radius 2 is 2.00 bits per heavy atom. The molecule has 0 heterocycles. The fraction of sp³-hybridized carbons (Fsp3) is 0.875.